The summed E-state index contributed by atoms with van der Waals surface area (Å²) in [5.41, 5.74) is 1.61. The lowest BCUT2D eigenvalue weighted by atomic mass is 10.1. The number of para-hydroxylation sites is 1. The third kappa shape index (κ3) is 7.47. The van der Waals surface area contributed by atoms with Gasteiger partial charge in [0.1, 0.15) is 5.75 Å². The molecule has 0 saturated heterocycles. The number of hydrogen-bond acceptors (Lipinski definition) is 4. The molecule has 4 aromatic rings. The van der Waals surface area contributed by atoms with E-state index >= 15 is 0 Å². The summed E-state index contributed by atoms with van der Waals surface area (Å²) >= 11 is 0. The predicted molar refractivity (Wildman–Crippen MR) is 146 cm³/mol. The Hall–Kier alpha value is -5.12. The number of rotatable bonds is 8. The summed E-state index contributed by atoms with van der Waals surface area (Å²) in [6, 6.07) is 24.1. The van der Waals surface area contributed by atoms with Crippen molar-refractivity contribution < 1.29 is 32.3 Å². The Morgan fingerprint density at radius 2 is 1.40 bits per heavy atom. The van der Waals surface area contributed by atoms with Gasteiger partial charge in [0.25, 0.3) is 17.7 Å². The Kier molecular flexibility index (Phi) is 8.48. The minimum atomic E-state index is -4.53. The SMILES string of the molecule is Cc1cccc(NC(=O)c2ccccc2NC(=O)c2ccc(OCC(=O)Nc3cccc(C(F)(F)F)c3)cc2)c1. The Morgan fingerprint density at radius 3 is 2.10 bits per heavy atom. The number of aryl methyl sites for hydroxylation is 1. The Bertz CT molecular complexity index is 1540. The minimum absolute atomic E-state index is 0.0108. The van der Waals surface area contributed by atoms with Crippen molar-refractivity contribution in [3.8, 4) is 5.75 Å². The molecule has 3 N–H and O–H groups in total. The van der Waals surface area contributed by atoms with Gasteiger partial charge >= 0.3 is 6.18 Å². The maximum Gasteiger partial charge on any atom is 0.416 e. The molecule has 0 unspecified atom stereocenters. The van der Waals surface area contributed by atoms with Crippen molar-refractivity contribution in [3.63, 3.8) is 0 Å². The first-order valence-corrected chi connectivity index (χ1v) is 12.1. The summed E-state index contributed by atoms with van der Waals surface area (Å²) in [6.45, 7) is 1.46. The average molecular weight is 548 g/mol. The van der Waals surface area contributed by atoms with Gasteiger partial charge in [-0.2, -0.15) is 13.2 Å². The Balaban J connectivity index is 1.34. The Labute approximate surface area is 228 Å². The van der Waals surface area contributed by atoms with Crippen LogP contribution in [0.1, 0.15) is 31.8 Å². The number of carbonyl (C=O) groups excluding carboxylic acids is 3. The maximum absolute atomic E-state index is 12.9. The zero-order chi connectivity index (χ0) is 28.7. The molecule has 0 aliphatic carbocycles. The number of hydrogen-bond donors (Lipinski definition) is 3. The molecule has 10 heteroatoms. The second-order valence-electron chi connectivity index (χ2n) is 8.76. The van der Waals surface area contributed by atoms with Gasteiger partial charge in [0, 0.05) is 16.9 Å². The first-order chi connectivity index (χ1) is 19.1. The second-order valence-corrected chi connectivity index (χ2v) is 8.76. The number of halogens is 3. The van der Waals surface area contributed by atoms with E-state index in [1.807, 2.05) is 25.1 Å². The molecule has 0 atom stereocenters. The third-order valence-electron chi connectivity index (χ3n) is 5.66. The zero-order valence-electron chi connectivity index (χ0n) is 21.2. The fourth-order valence-electron chi connectivity index (χ4n) is 3.73. The second kappa shape index (κ2) is 12.2. The predicted octanol–water partition coefficient (Wildman–Crippen LogP) is 6.54. The molecule has 0 heterocycles. The van der Waals surface area contributed by atoms with E-state index in [2.05, 4.69) is 16.0 Å². The van der Waals surface area contributed by atoms with Crippen molar-refractivity contribution in [3.05, 3.63) is 119 Å². The van der Waals surface area contributed by atoms with E-state index in [0.29, 0.717) is 11.4 Å². The number of amides is 3. The molecule has 0 radical (unpaired) electrons. The molecule has 0 aromatic heterocycles. The van der Waals surface area contributed by atoms with Crippen molar-refractivity contribution in [1.82, 2.24) is 0 Å². The fourth-order valence-corrected chi connectivity index (χ4v) is 3.73. The number of carbonyl (C=O) groups is 3. The quantitative estimate of drug-likeness (QED) is 0.234. The van der Waals surface area contributed by atoms with E-state index < -0.39 is 30.2 Å². The highest BCUT2D eigenvalue weighted by atomic mass is 19.4. The normalized spacial score (nSPS) is 10.9. The van der Waals surface area contributed by atoms with E-state index in [9.17, 15) is 27.6 Å². The van der Waals surface area contributed by atoms with Crippen molar-refractivity contribution in [2.75, 3.05) is 22.6 Å². The van der Waals surface area contributed by atoms with Crippen LogP contribution in [0.3, 0.4) is 0 Å². The largest absolute Gasteiger partial charge is 0.484 e. The first kappa shape index (κ1) is 27.9. The van der Waals surface area contributed by atoms with Crippen LogP contribution in [0, 0.1) is 6.92 Å². The molecule has 0 spiro atoms. The number of anilines is 3. The van der Waals surface area contributed by atoms with E-state index in [-0.39, 0.29) is 28.5 Å². The number of alkyl halides is 3. The summed E-state index contributed by atoms with van der Waals surface area (Å²) in [6.07, 6.45) is -4.53. The standard InChI is InChI=1S/C30H24F3N3O4/c1-19-6-4-8-22(16-19)35-29(39)25-10-2-3-11-26(25)36-28(38)20-12-14-24(15-13-20)40-18-27(37)34-23-9-5-7-21(17-23)30(31,32)33/h2-17H,18H2,1H3,(H,34,37)(H,35,39)(H,36,38). The van der Waals surface area contributed by atoms with Gasteiger partial charge in [-0.1, -0.05) is 30.3 Å². The van der Waals surface area contributed by atoms with Gasteiger partial charge in [0.05, 0.1) is 16.8 Å². The van der Waals surface area contributed by atoms with E-state index in [0.717, 1.165) is 17.7 Å². The van der Waals surface area contributed by atoms with Crippen LogP contribution in [0.25, 0.3) is 0 Å². The summed E-state index contributed by atoms with van der Waals surface area (Å²) in [5.74, 6) is -1.23. The van der Waals surface area contributed by atoms with Crippen LogP contribution in [0.2, 0.25) is 0 Å². The molecule has 0 saturated carbocycles. The highest BCUT2D eigenvalue weighted by Crippen LogP contribution is 2.30. The molecule has 0 aliphatic heterocycles. The van der Waals surface area contributed by atoms with Gasteiger partial charge < -0.3 is 20.7 Å². The molecule has 4 aromatic carbocycles. The van der Waals surface area contributed by atoms with E-state index in [4.69, 9.17) is 4.74 Å². The summed E-state index contributed by atoms with van der Waals surface area (Å²) < 4.78 is 43.9. The smallest absolute Gasteiger partial charge is 0.416 e. The first-order valence-electron chi connectivity index (χ1n) is 12.1. The van der Waals surface area contributed by atoms with E-state index in [1.54, 1.807) is 30.3 Å². The zero-order valence-corrected chi connectivity index (χ0v) is 21.2. The maximum atomic E-state index is 12.9. The molecule has 40 heavy (non-hydrogen) atoms. The summed E-state index contributed by atoms with van der Waals surface area (Å²) in [7, 11) is 0. The van der Waals surface area contributed by atoms with Crippen molar-refractivity contribution in [1.29, 1.82) is 0 Å². The summed E-state index contributed by atoms with van der Waals surface area (Å²) in [4.78, 5) is 37.8. The van der Waals surface area contributed by atoms with Crippen LogP contribution < -0.4 is 20.7 Å². The van der Waals surface area contributed by atoms with Crippen LogP contribution >= 0.6 is 0 Å². The van der Waals surface area contributed by atoms with E-state index in [1.165, 1.54) is 36.4 Å². The van der Waals surface area contributed by atoms with Gasteiger partial charge in [0.2, 0.25) is 0 Å². The number of nitrogens with one attached hydrogen (secondary N) is 3. The van der Waals surface area contributed by atoms with Gasteiger partial charge in [-0.05, 0) is 79.2 Å². The van der Waals surface area contributed by atoms with Crippen molar-refractivity contribution >= 4 is 34.8 Å². The Morgan fingerprint density at radius 1 is 0.725 bits per heavy atom. The van der Waals surface area contributed by atoms with Crippen molar-refractivity contribution in [2.45, 2.75) is 13.1 Å². The summed E-state index contributed by atoms with van der Waals surface area (Å²) in [5, 5.41) is 7.90. The molecular formula is C30H24F3N3O4. The molecule has 0 bridgehead atoms. The van der Waals surface area contributed by atoms with Crippen LogP contribution in [-0.2, 0) is 11.0 Å². The highest BCUT2D eigenvalue weighted by molar-refractivity contribution is 6.12. The van der Waals surface area contributed by atoms with Crippen molar-refractivity contribution in [2.24, 2.45) is 0 Å². The van der Waals surface area contributed by atoms with Crippen LogP contribution in [0.5, 0.6) is 5.75 Å². The topological polar surface area (TPSA) is 96.5 Å². The van der Waals surface area contributed by atoms with Crippen LogP contribution in [0.15, 0.2) is 97.1 Å². The van der Waals surface area contributed by atoms with Crippen LogP contribution in [-0.4, -0.2) is 24.3 Å². The highest BCUT2D eigenvalue weighted by Gasteiger charge is 2.30. The number of ether oxygens (including phenoxy) is 1. The lowest BCUT2D eigenvalue weighted by Gasteiger charge is -2.12. The lowest BCUT2D eigenvalue weighted by molar-refractivity contribution is -0.137. The fraction of sp³-hybridized carbons (Fsp3) is 0.100. The monoisotopic (exact) mass is 547 g/mol. The molecule has 3 amide bonds. The molecule has 4 rings (SSSR count). The molecule has 204 valence electrons. The van der Waals surface area contributed by atoms with Gasteiger partial charge in [0.15, 0.2) is 6.61 Å². The third-order valence-corrected chi connectivity index (χ3v) is 5.66. The van der Waals surface area contributed by atoms with Gasteiger partial charge in [-0.3, -0.25) is 14.4 Å². The van der Waals surface area contributed by atoms with Gasteiger partial charge in [-0.25, -0.2) is 0 Å². The average Bonchev–Trinajstić information content (AvgIpc) is 2.92. The molecule has 0 fully saturated rings. The lowest BCUT2D eigenvalue weighted by Crippen LogP contribution is -2.20. The van der Waals surface area contributed by atoms with Gasteiger partial charge in [-0.15, -0.1) is 0 Å². The van der Waals surface area contributed by atoms with Crippen LogP contribution in [0.4, 0.5) is 30.2 Å². The molecule has 7 nitrogen and oxygen atoms in total. The molecular weight excluding hydrogens is 523 g/mol. The minimum Gasteiger partial charge on any atom is -0.484 e. The molecule has 0 aliphatic rings. The number of benzene rings is 4.